The molecule has 1 aromatic carbocycles. The van der Waals surface area contributed by atoms with E-state index >= 15 is 0 Å². The number of hydrogen-bond donors (Lipinski definition) is 2. The van der Waals surface area contributed by atoms with Crippen molar-refractivity contribution >= 4 is 11.8 Å². The summed E-state index contributed by atoms with van der Waals surface area (Å²) in [6.45, 7) is 0.851. The molecule has 3 rings (SSSR count). The van der Waals surface area contributed by atoms with Gasteiger partial charge in [0.15, 0.2) is 5.82 Å². The van der Waals surface area contributed by atoms with Crippen LogP contribution in [0, 0.1) is 0 Å². The van der Waals surface area contributed by atoms with Crippen molar-refractivity contribution in [3.05, 3.63) is 42.1 Å². The van der Waals surface area contributed by atoms with E-state index in [4.69, 9.17) is 0 Å². The summed E-state index contributed by atoms with van der Waals surface area (Å²) >= 11 is 0. The summed E-state index contributed by atoms with van der Waals surface area (Å²) in [6, 6.07) is 11.1. The highest BCUT2D eigenvalue weighted by Gasteiger charge is 2.15. The molecule has 0 unspecified atom stereocenters. The second kappa shape index (κ2) is 7.73. The van der Waals surface area contributed by atoms with Crippen LogP contribution in [0.5, 0.6) is 0 Å². The zero-order valence-corrected chi connectivity index (χ0v) is 12.8. The van der Waals surface area contributed by atoms with Gasteiger partial charge in [-0.05, 0) is 31.2 Å². The van der Waals surface area contributed by atoms with Crippen molar-refractivity contribution in [2.24, 2.45) is 0 Å². The Morgan fingerprint density at radius 1 is 1.09 bits per heavy atom. The third-order valence-corrected chi connectivity index (χ3v) is 4.03. The van der Waals surface area contributed by atoms with Gasteiger partial charge in [-0.1, -0.05) is 43.2 Å². The molecular weight excluding hydrogens is 274 g/mol. The van der Waals surface area contributed by atoms with Crippen molar-refractivity contribution in [3.8, 4) is 0 Å². The quantitative estimate of drug-likeness (QED) is 0.768. The van der Waals surface area contributed by atoms with E-state index in [1.807, 2.05) is 6.07 Å². The van der Waals surface area contributed by atoms with E-state index in [9.17, 15) is 0 Å². The first-order valence-electron chi connectivity index (χ1n) is 8.14. The van der Waals surface area contributed by atoms with Crippen LogP contribution in [-0.4, -0.2) is 27.8 Å². The van der Waals surface area contributed by atoms with Gasteiger partial charge in [0.25, 0.3) is 0 Å². The lowest BCUT2D eigenvalue weighted by atomic mass is 10.1. The summed E-state index contributed by atoms with van der Waals surface area (Å²) < 4.78 is 0. The molecule has 0 aliphatic heterocycles. The molecule has 1 aliphatic carbocycles. The topological polar surface area (TPSA) is 62.7 Å². The van der Waals surface area contributed by atoms with Crippen LogP contribution in [0.3, 0.4) is 0 Å². The molecular formula is C17H23N5. The van der Waals surface area contributed by atoms with Crippen LogP contribution in [0.15, 0.2) is 36.5 Å². The minimum Gasteiger partial charge on any atom is -0.366 e. The van der Waals surface area contributed by atoms with Gasteiger partial charge in [0, 0.05) is 12.6 Å². The summed E-state index contributed by atoms with van der Waals surface area (Å²) in [5.74, 6) is 1.43. The summed E-state index contributed by atoms with van der Waals surface area (Å²) in [5, 5.41) is 14.8. The van der Waals surface area contributed by atoms with E-state index in [0.29, 0.717) is 12.0 Å². The van der Waals surface area contributed by atoms with Gasteiger partial charge in [-0.2, -0.15) is 10.1 Å². The molecule has 0 amide bonds. The molecule has 2 aromatic rings. The monoisotopic (exact) mass is 297 g/mol. The zero-order chi connectivity index (χ0) is 15.0. The molecule has 5 nitrogen and oxygen atoms in total. The molecule has 0 spiro atoms. The molecule has 1 aliphatic rings. The molecule has 1 fully saturated rings. The third-order valence-electron chi connectivity index (χ3n) is 4.03. The fourth-order valence-electron chi connectivity index (χ4n) is 2.86. The largest absolute Gasteiger partial charge is 0.366 e. The number of aryl methyl sites for hydroxylation is 1. The van der Waals surface area contributed by atoms with E-state index in [-0.39, 0.29) is 0 Å². The lowest BCUT2D eigenvalue weighted by molar-refractivity contribution is 0.746. The lowest BCUT2D eigenvalue weighted by Crippen LogP contribution is -2.17. The molecule has 22 heavy (non-hydrogen) atoms. The van der Waals surface area contributed by atoms with Crippen LogP contribution in [0.2, 0.25) is 0 Å². The number of anilines is 2. The maximum atomic E-state index is 4.48. The second-order valence-electron chi connectivity index (χ2n) is 5.81. The number of aromatic nitrogens is 3. The van der Waals surface area contributed by atoms with Gasteiger partial charge in [-0.25, -0.2) is 0 Å². The number of nitrogens with zero attached hydrogens (tertiary/aromatic N) is 3. The van der Waals surface area contributed by atoms with Crippen LogP contribution in [0.1, 0.15) is 37.7 Å². The molecule has 0 radical (unpaired) electrons. The van der Waals surface area contributed by atoms with Gasteiger partial charge >= 0.3 is 0 Å². The number of benzene rings is 1. The Balaban J connectivity index is 1.44. The summed E-state index contributed by atoms with van der Waals surface area (Å²) in [6.07, 6.45) is 8.87. The fraction of sp³-hybridized carbons (Fsp3) is 0.471. The smallest absolute Gasteiger partial charge is 0.244 e. The first kappa shape index (κ1) is 14.8. The van der Waals surface area contributed by atoms with Gasteiger partial charge in [-0.15, -0.1) is 5.10 Å². The number of rotatable bonds is 7. The maximum absolute atomic E-state index is 4.48. The summed E-state index contributed by atoms with van der Waals surface area (Å²) in [7, 11) is 0. The predicted octanol–water partition coefficient (Wildman–Crippen LogP) is 3.27. The van der Waals surface area contributed by atoms with Crippen molar-refractivity contribution in [1.82, 2.24) is 15.2 Å². The highest BCUT2D eigenvalue weighted by molar-refractivity contribution is 5.38. The Morgan fingerprint density at radius 3 is 2.73 bits per heavy atom. The normalized spacial score (nSPS) is 14.9. The van der Waals surface area contributed by atoms with Crippen molar-refractivity contribution in [3.63, 3.8) is 0 Å². The van der Waals surface area contributed by atoms with Crippen LogP contribution >= 0.6 is 0 Å². The Morgan fingerprint density at radius 2 is 1.91 bits per heavy atom. The predicted molar refractivity (Wildman–Crippen MR) is 89.0 cm³/mol. The average molecular weight is 297 g/mol. The minimum atomic E-state index is 0.544. The van der Waals surface area contributed by atoms with Crippen LogP contribution in [-0.2, 0) is 6.42 Å². The molecule has 0 atom stereocenters. The summed E-state index contributed by atoms with van der Waals surface area (Å²) in [5.41, 5.74) is 1.36. The molecule has 2 N–H and O–H groups in total. The maximum Gasteiger partial charge on any atom is 0.244 e. The van der Waals surface area contributed by atoms with Gasteiger partial charge in [0.05, 0.1) is 6.20 Å². The fourth-order valence-corrected chi connectivity index (χ4v) is 2.86. The van der Waals surface area contributed by atoms with Gasteiger partial charge in [0.1, 0.15) is 0 Å². The number of nitrogens with one attached hydrogen (secondary N) is 2. The lowest BCUT2D eigenvalue weighted by Gasteiger charge is -2.12. The van der Waals surface area contributed by atoms with Crippen molar-refractivity contribution < 1.29 is 0 Å². The van der Waals surface area contributed by atoms with E-state index in [1.54, 1.807) is 6.20 Å². The Bertz CT molecular complexity index is 566. The van der Waals surface area contributed by atoms with Crippen LogP contribution in [0.4, 0.5) is 11.8 Å². The molecule has 5 heteroatoms. The second-order valence-corrected chi connectivity index (χ2v) is 5.81. The van der Waals surface area contributed by atoms with Gasteiger partial charge in [-0.3, -0.25) is 0 Å². The average Bonchev–Trinajstić information content (AvgIpc) is 3.06. The zero-order valence-electron chi connectivity index (χ0n) is 12.8. The molecule has 1 saturated carbocycles. The summed E-state index contributed by atoms with van der Waals surface area (Å²) in [4.78, 5) is 4.48. The molecule has 0 bridgehead atoms. The molecule has 1 heterocycles. The van der Waals surface area contributed by atoms with E-state index in [1.165, 1.54) is 31.2 Å². The Kier molecular flexibility index (Phi) is 5.18. The van der Waals surface area contributed by atoms with E-state index in [2.05, 4.69) is 50.1 Å². The van der Waals surface area contributed by atoms with Gasteiger partial charge in [0.2, 0.25) is 5.95 Å². The molecule has 116 valence electrons. The number of hydrogen-bond acceptors (Lipinski definition) is 5. The van der Waals surface area contributed by atoms with Crippen molar-refractivity contribution in [2.45, 2.75) is 44.6 Å². The highest BCUT2D eigenvalue weighted by Crippen LogP contribution is 2.21. The highest BCUT2D eigenvalue weighted by atomic mass is 15.3. The third kappa shape index (κ3) is 4.41. The Hall–Kier alpha value is -2.17. The van der Waals surface area contributed by atoms with Crippen LogP contribution < -0.4 is 10.6 Å². The Labute approximate surface area is 131 Å². The molecule has 1 aromatic heterocycles. The minimum absolute atomic E-state index is 0.544. The molecule has 0 saturated heterocycles. The standard InChI is InChI=1S/C17H23N5/c1-2-7-14(8-3-1)9-6-12-18-17-21-16(13-19-22-17)20-15-10-4-5-11-15/h1-3,7-8,13,15H,4-6,9-12H2,(H2,18,20,21,22). The first-order valence-corrected chi connectivity index (χ1v) is 8.14. The van der Waals surface area contributed by atoms with Crippen molar-refractivity contribution in [1.29, 1.82) is 0 Å². The van der Waals surface area contributed by atoms with Gasteiger partial charge < -0.3 is 10.6 Å². The van der Waals surface area contributed by atoms with E-state index < -0.39 is 0 Å². The van der Waals surface area contributed by atoms with E-state index in [0.717, 1.165) is 25.2 Å². The van der Waals surface area contributed by atoms with Crippen molar-refractivity contribution in [2.75, 3.05) is 17.2 Å². The first-order chi connectivity index (χ1) is 10.9. The SMILES string of the molecule is c1ccc(CCCNc2nncc(NC3CCCC3)n2)cc1. The van der Waals surface area contributed by atoms with Crippen LogP contribution in [0.25, 0.3) is 0 Å².